The lowest BCUT2D eigenvalue weighted by molar-refractivity contribution is 0.102. The van der Waals surface area contributed by atoms with Gasteiger partial charge in [-0.05, 0) is 24.6 Å². The van der Waals surface area contributed by atoms with Crippen molar-refractivity contribution in [3.05, 3.63) is 45.6 Å². The number of carbonyl (C=O) groups is 1. The van der Waals surface area contributed by atoms with Crippen LogP contribution in [0.4, 0.5) is 0 Å². The standard InChI is InChI=1S/C11H10Cl2O2/c1-2-7(6-14)11(15)9-4-3-8(12)5-10(9)13/h3-6,14H,2H2,1H3. The summed E-state index contributed by atoms with van der Waals surface area (Å²) < 4.78 is 0. The zero-order chi connectivity index (χ0) is 11.4. The Morgan fingerprint density at radius 2 is 2.13 bits per heavy atom. The van der Waals surface area contributed by atoms with E-state index < -0.39 is 0 Å². The van der Waals surface area contributed by atoms with Crippen molar-refractivity contribution in [1.29, 1.82) is 0 Å². The van der Waals surface area contributed by atoms with Gasteiger partial charge in [-0.2, -0.15) is 0 Å². The lowest BCUT2D eigenvalue weighted by Crippen LogP contribution is -2.03. The molecule has 0 unspecified atom stereocenters. The van der Waals surface area contributed by atoms with Gasteiger partial charge in [-0.15, -0.1) is 0 Å². The molecule has 0 aliphatic carbocycles. The van der Waals surface area contributed by atoms with Crippen molar-refractivity contribution in [3.8, 4) is 0 Å². The number of rotatable bonds is 3. The summed E-state index contributed by atoms with van der Waals surface area (Å²) in [6, 6.07) is 4.64. The lowest BCUT2D eigenvalue weighted by Gasteiger charge is -2.04. The van der Waals surface area contributed by atoms with Crippen LogP contribution in [0.25, 0.3) is 0 Å². The molecule has 0 saturated heterocycles. The van der Waals surface area contributed by atoms with Gasteiger partial charge >= 0.3 is 0 Å². The summed E-state index contributed by atoms with van der Waals surface area (Å²) in [5, 5.41) is 9.62. The first-order valence-electron chi connectivity index (χ1n) is 4.43. The molecule has 1 aromatic carbocycles. The second-order valence-electron chi connectivity index (χ2n) is 2.96. The first-order chi connectivity index (χ1) is 7.10. The number of hydrogen-bond donors (Lipinski definition) is 1. The Balaban J connectivity index is 3.12. The van der Waals surface area contributed by atoms with Gasteiger partial charge in [0.1, 0.15) is 0 Å². The predicted octanol–water partition coefficient (Wildman–Crippen LogP) is 4.03. The van der Waals surface area contributed by atoms with Crippen LogP contribution < -0.4 is 0 Å². The molecule has 0 aromatic heterocycles. The Bertz CT molecular complexity index is 411. The van der Waals surface area contributed by atoms with Crippen LogP contribution in [0.2, 0.25) is 10.0 Å². The molecular formula is C11H10Cl2O2. The number of hydrogen-bond acceptors (Lipinski definition) is 2. The van der Waals surface area contributed by atoms with Gasteiger partial charge in [-0.1, -0.05) is 30.1 Å². The van der Waals surface area contributed by atoms with E-state index >= 15 is 0 Å². The molecule has 1 aromatic rings. The molecule has 80 valence electrons. The highest BCUT2D eigenvalue weighted by Crippen LogP contribution is 2.23. The SMILES string of the molecule is CCC(=CO)C(=O)c1ccc(Cl)cc1Cl. The normalized spacial score (nSPS) is 11.5. The largest absolute Gasteiger partial charge is 0.515 e. The summed E-state index contributed by atoms with van der Waals surface area (Å²) in [7, 11) is 0. The molecule has 0 heterocycles. The maximum Gasteiger partial charge on any atom is 0.193 e. The van der Waals surface area contributed by atoms with E-state index in [1.54, 1.807) is 19.1 Å². The van der Waals surface area contributed by atoms with E-state index in [0.717, 1.165) is 6.26 Å². The fourth-order valence-electron chi connectivity index (χ4n) is 1.16. The highest BCUT2D eigenvalue weighted by atomic mass is 35.5. The molecule has 1 N–H and O–H groups in total. The zero-order valence-corrected chi connectivity index (χ0v) is 9.64. The molecule has 15 heavy (non-hydrogen) atoms. The Kier molecular flexibility index (Phi) is 4.18. The van der Waals surface area contributed by atoms with Crippen molar-refractivity contribution in [1.82, 2.24) is 0 Å². The number of halogens is 2. The average molecular weight is 245 g/mol. The Morgan fingerprint density at radius 3 is 2.60 bits per heavy atom. The quantitative estimate of drug-likeness (QED) is 0.496. The van der Waals surface area contributed by atoms with E-state index in [0.29, 0.717) is 27.6 Å². The van der Waals surface area contributed by atoms with Crippen LogP contribution in [-0.2, 0) is 0 Å². The fourth-order valence-corrected chi connectivity index (χ4v) is 1.65. The third-order valence-corrected chi connectivity index (χ3v) is 2.55. The Hall–Kier alpha value is -0.990. The Labute approximate surface area is 98.1 Å². The topological polar surface area (TPSA) is 37.3 Å². The first kappa shape index (κ1) is 12.1. The van der Waals surface area contributed by atoms with Crippen LogP contribution in [0.3, 0.4) is 0 Å². The van der Waals surface area contributed by atoms with E-state index in [4.69, 9.17) is 28.3 Å². The zero-order valence-electron chi connectivity index (χ0n) is 8.13. The van der Waals surface area contributed by atoms with Crippen molar-refractivity contribution in [2.24, 2.45) is 0 Å². The van der Waals surface area contributed by atoms with Crippen LogP contribution in [-0.4, -0.2) is 10.9 Å². The van der Waals surface area contributed by atoms with Crippen molar-refractivity contribution >= 4 is 29.0 Å². The number of ketones is 1. The number of allylic oxidation sites excluding steroid dienone is 1. The monoisotopic (exact) mass is 244 g/mol. The van der Waals surface area contributed by atoms with Gasteiger partial charge in [0, 0.05) is 16.2 Å². The number of aliphatic hydroxyl groups excluding tert-OH is 1. The number of aliphatic hydroxyl groups is 1. The van der Waals surface area contributed by atoms with Crippen LogP contribution >= 0.6 is 23.2 Å². The van der Waals surface area contributed by atoms with Crippen molar-refractivity contribution < 1.29 is 9.90 Å². The second kappa shape index (κ2) is 5.19. The third kappa shape index (κ3) is 2.74. The molecule has 0 spiro atoms. The molecule has 0 aliphatic rings. The molecule has 0 bridgehead atoms. The van der Waals surface area contributed by atoms with Gasteiger partial charge in [0.05, 0.1) is 11.3 Å². The summed E-state index contributed by atoms with van der Waals surface area (Å²) >= 11 is 11.6. The first-order valence-corrected chi connectivity index (χ1v) is 5.18. The molecular weight excluding hydrogens is 235 g/mol. The number of Topliss-reactive ketones (excluding diaryl/α,β-unsaturated/α-hetero) is 1. The highest BCUT2D eigenvalue weighted by Gasteiger charge is 2.14. The van der Waals surface area contributed by atoms with E-state index in [9.17, 15) is 4.79 Å². The van der Waals surface area contributed by atoms with E-state index in [1.807, 2.05) is 0 Å². The second-order valence-corrected chi connectivity index (χ2v) is 3.80. The average Bonchev–Trinajstić information content (AvgIpc) is 2.19. The minimum absolute atomic E-state index is 0.276. The van der Waals surface area contributed by atoms with Gasteiger partial charge in [-0.3, -0.25) is 4.79 Å². The summed E-state index contributed by atoms with van der Waals surface area (Å²) in [5.74, 6) is -0.276. The van der Waals surface area contributed by atoms with E-state index in [-0.39, 0.29) is 5.78 Å². The van der Waals surface area contributed by atoms with Gasteiger partial charge in [0.25, 0.3) is 0 Å². The molecule has 0 radical (unpaired) electrons. The molecule has 0 amide bonds. The van der Waals surface area contributed by atoms with Crippen molar-refractivity contribution in [3.63, 3.8) is 0 Å². The van der Waals surface area contributed by atoms with Gasteiger partial charge in [0.15, 0.2) is 5.78 Å². The molecule has 4 heteroatoms. The summed E-state index contributed by atoms with van der Waals surface area (Å²) in [6.07, 6.45) is 1.27. The van der Waals surface area contributed by atoms with Crippen LogP contribution in [0, 0.1) is 0 Å². The summed E-state index contributed by atoms with van der Waals surface area (Å²) in [5.41, 5.74) is 0.669. The molecule has 0 fully saturated rings. The highest BCUT2D eigenvalue weighted by molar-refractivity contribution is 6.37. The van der Waals surface area contributed by atoms with Gasteiger partial charge < -0.3 is 5.11 Å². The van der Waals surface area contributed by atoms with Gasteiger partial charge in [-0.25, -0.2) is 0 Å². The van der Waals surface area contributed by atoms with Gasteiger partial charge in [0.2, 0.25) is 0 Å². The predicted molar refractivity (Wildman–Crippen MR) is 61.8 cm³/mol. The van der Waals surface area contributed by atoms with Crippen LogP contribution in [0.1, 0.15) is 23.7 Å². The smallest absolute Gasteiger partial charge is 0.193 e. The third-order valence-electron chi connectivity index (χ3n) is 2.00. The summed E-state index contributed by atoms with van der Waals surface area (Å²) in [4.78, 5) is 11.8. The van der Waals surface area contributed by atoms with Crippen molar-refractivity contribution in [2.45, 2.75) is 13.3 Å². The van der Waals surface area contributed by atoms with Crippen molar-refractivity contribution in [2.75, 3.05) is 0 Å². The maximum atomic E-state index is 11.8. The lowest BCUT2D eigenvalue weighted by atomic mass is 10.0. The fraction of sp³-hybridized carbons (Fsp3) is 0.182. The maximum absolute atomic E-state index is 11.8. The van der Waals surface area contributed by atoms with Crippen LogP contribution in [0.15, 0.2) is 30.0 Å². The molecule has 0 aliphatic heterocycles. The number of benzene rings is 1. The molecule has 2 nitrogen and oxygen atoms in total. The number of carbonyl (C=O) groups excluding carboxylic acids is 1. The molecule has 0 saturated carbocycles. The Morgan fingerprint density at radius 1 is 1.47 bits per heavy atom. The van der Waals surface area contributed by atoms with E-state index in [1.165, 1.54) is 6.07 Å². The minimum atomic E-state index is -0.276. The van der Waals surface area contributed by atoms with Crippen LogP contribution in [0.5, 0.6) is 0 Å². The summed E-state index contributed by atoms with van der Waals surface area (Å²) in [6.45, 7) is 1.78. The molecule has 1 rings (SSSR count). The van der Waals surface area contributed by atoms with E-state index in [2.05, 4.69) is 0 Å². The molecule has 0 atom stereocenters. The minimum Gasteiger partial charge on any atom is -0.515 e.